The first-order valence-electron chi connectivity index (χ1n) is 7.05. The molecule has 1 atom stereocenters. The number of anilines is 1. The summed E-state index contributed by atoms with van der Waals surface area (Å²) in [7, 11) is -4.19. The average Bonchev–Trinajstić information content (AvgIpc) is 2.96. The van der Waals surface area contributed by atoms with Gasteiger partial charge in [-0.15, -0.1) is 0 Å². The maximum absolute atomic E-state index is 14.7. The van der Waals surface area contributed by atoms with Crippen LogP contribution in [-0.4, -0.2) is 38.6 Å². The van der Waals surface area contributed by atoms with Crippen LogP contribution < -0.4 is 14.3 Å². The van der Waals surface area contributed by atoms with E-state index in [0.29, 0.717) is 16.9 Å². The maximum Gasteiger partial charge on any atom is 0.326 e. The smallest absolute Gasteiger partial charge is 0.326 e. The zero-order chi connectivity index (χ0) is 16.8. The molecule has 1 aromatic carbocycles. The van der Waals surface area contributed by atoms with Crippen molar-refractivity contribution in [2.45, 2.75) is 19.4 Å². The lowest BCUT2D eigenvalue weighted by Gasteiger charge is -2.18. The Morgan fingerprint density at radius 3 is 2.74 bits per heavy atom. The molecule has 7 nitrogen and oxygen atoms in total. The zero-order valence-electron chi connectivity index (χ0n) is 12.3. The minimum Gasteiger partial charge on any atom is -0.506 e. The van der Waals surface area contributed by atoms with Crippen molar-refractivity contribution in [1.29, 1.82) is 0 Å². The van der Waals surface area contributed by atoms with Crippen LogP contribution in [0.15, 0.2) is 17.7 Å². The Labute approximate surface area is 133 Å². The van der Waals surface area contributed by atoms with E-state index in [1.165, 1.54) is 12.1 Å². The third-order valence-electron chi connectivity index (χ3n) is 3.80. The van der Waals surface area contributed by atoms with Crippen molar-refractivity contribution in [3.05, 3.63) is 29.1 Å². The van der Waals surface area contributed by atoms with Gasteiger partial charge in [-0.05, 0) is 25.5 Å². The van der Waals surface area contributed by atoms with Crippen LogP contribution in [0.25, 0.3) is 6.08 Å². The maximum atomic E-state index is 14.7. The van der Waals surface area contributed by atoms with E-state index in [9.17, 15) is 22.7 Å². The molecule has 23 heavy (non-hydrogen) atoms. The molecule has 0 saturated carbocycles. The van der Waals surface area contributed by atoms with E-state index in [4.69, 9.17) is 0 Å². The number of aromatic hydroxyl groups is 1. The lowest BCUT2D eigenvalue weighted by molar-refractivity contribution is -0.117. The molecule has 2 fully saturated rings. The van der Waals surface area contributed by atoms with Crippen molar-refractivity contribution in [2.24, 2.45) is 0 Å². The summed E-state index contributed by atoms with van der Waals surface area (Å²) in [6.07, 6.45) is 2.39. The molecule has 3 rings (SSSR count). The Morgan fingerprint density at radius 2 is 2.17 bits per heavy atom. The molecule has 0 aromatic heterocycles. The second-order valence-electron chi connectivity index (χ2n) is 5.66. The molecule has 0 radical (unpaired) electrons. The van der Waals surface area contributed by atoms with E-state index < -0.39 is 39.9 Å². The van der Waals surface area contributed by atoms with E-state index in [2.05, 4.69) is 5.32 Å². The fourth-order valence-electron chi connectivity index (χ4n) is 2.74. The number of hydrogen-bond acceptors (Lipinski definition) is 5. The molecule has 124 valence electrons. The summed E-state index contributed by atoms with van der Waals surface area (Å²) in [6.45, 7) is 2.07. The van der Waals surface area contributed by atoms with Crippen molar-refractivity contribution in [3.63, 3.8) is 0 Å². The van der Waals surface area contributed by atoms with Crippen LogP contribution >= 0.6 is 0 Å². The highest BCUT2D eigenvalue weighted by atomic mass is 32.2. The van der Waals surface area contributed by atoms with Gasteiger partial charge in [0.15, 0.2) is 5.82 Å². The van der Waals surface area contributed by atoms with Crippen LogP contribution in [-0.2, 0) is 15.0 Å². The van der Waals surface area contributed by atoms with E-state index in [1.54, 1.807) is 10.8 Å². The van der Waals surface area contributed by atoms with E-state index >= 15 is 0 Å². The van der Waals surface area contributed by atoms with Crippen molar-refractivity contribution in [2.75, 3.05) is 17.4 Å². The summed E-state index contributed by atoms with van der Waals surface area (Å²) in [5.41, 5.74) is 0.626. The number of hydrogen-bond donors (Lipinski definition) is 3. The number of nitrogens with zero attached hydrogens (tertiary/aromatic N) is 1. The number of carbonyl (C=O) groups is 1. The molecule has 0 spiro atoms. The minimum absolute atomic E-state index is 0.165. The van der Waals surface area contributed by atoms with E-state index in [1.807, 2.05) is 6.92 Å². The topological polar surface area (TPSA) is 98.7 Å². The summed E-state index contributed by atoms with van der Waals surface area (Å²) in [6, 6.07) is 2.89. The lowest BCUT2D eigenvalue weighted by atomic mass is 10.1. The van der Waals surface area contributed by atoms with Gasteiger partial charge in [0.25, 0.3) is 5.91 Å². The standard InChI is InChI=1S/C14H16FN3O4S/c1-8-4-9(6-16-8)5-10-2-3-11(19)14(13(10)15)18-7-12(20)17-23(18,21)22/h2-3,5,8,16,19H,4,6-7H2,1H3,(H,17,20)/b9-5+/t8-/m0/s1. The summed E-state index contributed by atoms with van der Waals surface area (Å²) < 4.78 is 40.8. The Kier molecular flexibility index (Phi) is 3.77. The van der Waals surface area contributed by atoms with Crippen molar-refractivity contribution in [1.82, 2.24) is 10.0 Å². The third-order valence-corrected chi connectivity index (χ3v) is 5.18. The normalized spacial score (nSPS) is 25.1. The first kappa shape index (κ1) is 15.8. The Balaban J connectivity index is 2.05. The summed E-state index contributed by atoms with van der Waals surface area (Å²) in [5, 5.41) is 13.1. The number of halogens is 1. The van der Waals surface area contributed by atoms with Gasteiger partial charge in [0.1, 0.15) is 18.0 Å². The lowest BCUT2D eigenvalue weighted by Crippen LogP contribution is -2.30. The summed E-state index contributed by atoms with van der Waals surface area (Å²) in [4.78, 5) is 11.3. The van der Waals surface area contributed by atoms with Crippen LogP contribution in [0.2, 0.25) is 0 Å². The van der Waals surface area contributed by atoms with Crippen molar-refractivity contribution < 1.29 is 22.7 Å². The summed E-state index contributed by atoms with van der Waals surface area (Å²) >= 11 is 0. The number of phenolic OH excluding ortho intramolecular Hbond substituents is 1. The Bertz CT molecular complexity index is 806. The van der Waals surface area contributed by atoms with Gasteiger partial charge in [-0.1, -0.05) is 11.6 Å². The second-order valence-corrected chi connectivity index (χ2v) is 7.26. The second kappa shape index (κ2) is 5.50. The molecule has 2 heterocycles. The number of nitrogens with one attached hydrogen (secondary N) is 2. The molecular weight excluding hydrogens is 325 g/mol. The monoisotopic (exact) mass is 341 g/mol. The van der Waals surface area contributed by atoms with Crippen LogP contribution in [0.3, 0.4) is 0 Å². The zero-order valence-corrected chi connectivity index (χ0v) is 13.2. The largest absolute Gasteiger partial charge is 0.506 e. The number of phenols is 1. The van der Waals surface area contributed by atoms with Crippen LogP contribution in [0.5, 0.6) is 5.75 Å². The molecule has 1 aromatic rings. The van der Waals surface area contributed by atoms with Gasteiger partial charge in [0.2, 0.25) is 0 Å². The predicted octanol–water partition coefficient (Wildman–Crippen LogP) is 0.477. The molecule has 2 aliphatic heterocycles. The van der Waals surface area contributed by atoms with Gasteiger partial charge < -0.3 is 10.4 Å². The number of benzene rings is 1. The van der Waals surface area contributed by atoms with Crippen LogP contribution in [0.1, 0.15) is 18.9 Å². The fraction of sp³-hybridized carbons (Fsp3) is 0.357. The molecule has 1 amide bonds. The van der Waals surface area contributed by atoms with Gasteiger partial charge in [0, 0.05) is 18.2 Å². The first-order chi connectivity index (χ1) is 10.8. The molecule has 0 unspecified atom stereocenters. The number of carbonyl (C=O) groups excluding carboxylic acids is 1. The van der Waals surface area contributed by atoms with Gasteiger partial charge >= 0.3 is 10.2 Å². The SMILES string of the molecule is C[C@H]1C/C(=C\c2ccc(O)c(N3CC(=O)NS3(=O)=O)c2F)CN1. The molecule has 0 bridgehead atoms. The number of amides is 1. The highest BCUT2D eigenvalue weighted by Gasteiger charge is 2.37. The summed E-state index contributed by atoms with van der Waals surface area (Å²) in [5.74, 6) is -2.19. The van der Waals surface area contributed by atoms with Gasteiger partial charge in [-0.2, -0.15) is 8.42 Å². The highest BCUT2D eigenvalue weighted by molar-refractivity contribution is 7.92. The molecule has 2 saturated heterocycles. The van der Waals surface area contributed by atoms with E-state index in [-0.39, 0.29) is 5.56 Å². The van der Waals surface area contributed by atoms with Crippen LogP contribution in [0, 0.1) is 5.82 Å². The Morgan fingerprint density at radius 1 is 1.43 bits per heavy atom. The number of rotatable bonds is 2. The van der Waals surface area contributed by atoms with Crippen molar-refractivity contribution in [3.8, 4) is 5.75 Å². The molecule has 2 aliphatic rings. The molecule has 3 N–H and O–H groups in total. The van der Waals surface area contributed by atoms with Gasteiger partial charge in [-0.25, -0.2) is 13.4 Å². The molecule has 9 heteroatoms. The highest BCUT2D eigenvalue weighted by Crippen LogP contribution is 2.36. The van der Waals surface area contributed by atoms with E-state index in [0.717, 1.165) is 12.0 Å². The third kappa shape index (κ3) is 2.89. The first-order valence-corrected chi connectivity index (χ1v) is 8.49. The van der Waals surface area contributed by atoms with Gasteiger partial charge in [-0.3, -0.25) is 4.79 Å². The quantitative estimate of drug-likeness (QED) is 0.727. The Hall–Kier alpha value is -2.13. The molecular formula is C14H16FN3O4S. The van der Waals surface area contributed by atoms with Crippen LogP contribution in [0.4, 0.5) is 10.1 Å². The minimum atomic E-state index is -4.19. The predicted molar refractivity (Wildman–Crippen MR) is 82.5 cm³/mol. The average molecular weight is 341 g/mol. The van der Waals surface area contributed by atoms with Gasteiger partial charge in [0.05, 0.1) is 0 Å². The molecule has 0 aliphatic carbocycles. The van der Waals surface area contributed by atoms with Crippen molar-refractivity contribution >= 4 is 27.9 Å². The fourth-order valence-corrected chi connectivity index (χ4v) is 3.90.